The number of hydrogen-bond acceptors (Lipinski definition) is 4. The fraction of sp³-hybridized carbons (Fsp3) is 0.188. The lowest BCUT2D eigenvalue weighted by Gasteiger charge is -2.22. The Bertz CT molecular complexity index is 1640. The van der Waals surface area contributed by atoms with Crippen LogP contribution in [-0.2, 0) is 16.0 Å². The Labute approximate surface area is 236 Å². The van der Waals surface area contributed by atoms with Gasteiger partial charge in [-0.3, -0.25) is 9.59 Å². The highest BCUT2D eigenvalue weighted by Gasteiger charge is 2.57. The molecule has 5 rings (SSSR count). The first-order valence-corrected chi connectivity index (χ1v) is 13.3. The number of amides is 1. The van der Waals surface area contributed by atoms with Crippen LogP contribution in [0.15, 0.2) is 78.9 Å². The predicted octanol–water partition coefficient (Wildman–Crippen LogP) is 6.41. The smallest absolute Gasteiger partial charge is 0.335 e. The molecular weight excluding hydrogens is 528 g/mol. The third-order valence-electron chi connectivity index (χ3n) is 7.28. The molecule has 1 fully saturated rings. The number of pyridine rings is 1. The van der Waals surface area contributed by atoms with E-state index in [-0.39, 0.29) is 5.56 Å². The third-order valence-corrected chi connectivity index (χ3v) is 7.52. The normalized spacial score (nSPS) is 14.6. The lowest BCUT2D eigenvalue weighted by Crippen LogP contribution is -2.39. The molecule has 3 N–H and O–H groups in total. The molecule has 7 nitrogen and oxygen atoms in total. The van der Waals surface area contributed by atoms with Gasteiger partial charge in [0.05, 0.1) is 22.8 Å². The summed E-state index contributed by atoms with van der Waals surface area (Å²) >= 11 is 6.12. The van der Waals surface area contributed by atoms with Crippen LogP contribution in [0.1, 0.15) is 58.0 Å². The van der Waals surface area contributed by atoms with Crippen LogP contribution >= 0.6 is 11.6 Å². The van der Waals surface area contributed by atoms with Crippen molar-refractivity contribution >= 4 is 52.5 Å². The van der Waals surface area contributed by atoms with Crippen LogP contribution in [0.3, 0.4) is 0 Å². The zero-order valence-electron chi connectivity index (χ0n) is 21.5. The predicted molar refractivity (Wildman–Crippen MR) is 154 cm³/mol. The minimum Gasteiger partial charge on any atom is -0.480 e. The molecule has 0 aliphatic heterocycles. The summed E-state index contributed by atoms with van der Waals surface area (Å²) in [6, 6.07) is 23.3. The Hall–Kier alpha value is -4.49. The quantitative estimate of drug-likeness (QED) is 0.195. The number of nitrogens with zero attached hydrogens (tertiary/aromatic N) is 1. The molecular formula is C32H27ClN2O5. The third kappa shape index (κ3) is 5.90. The molecule has 1 saturated carbocycles. The average Bonchev–Trinajstić information content (AvgIpc) is 3.77. The standard InChI is InChI=1S/C32H27ClN2O5/c33-24-12-9-22-10-14-25(34-28(22)19-24)13-8-20-4-3-6-23(18-20)27(35-30(38)32(16-17-32)31(39)40)15-11-21-5-1-2-7-26(21)29(36)37/h1-10,12-14,18-19,27H,11,15-17H2,(H,35,38)(H,36,37)(H,39,40)/b13-8+. The van der Waals surface area contributed by atoms with Crippen molar-refractivity contribution in [3.8, 4) is 0 Å². The number of halogens is 1. The molecule has 1 heterocycles. The Morgan fingerprint density at radius 1 is 0.950 bits per heavy atom. The topological polar surface area (TPSA) is 117 Å². The first kappa shape index (κ1) is 27.1. The van der Waals surface area contributed by atoms with E-state index in [1.165, 1.54) is 0 Å². The van der Waals surface area contributed by atoms with Crippen LogP contribution in [0.4, 0.5) is 0 Å². The van der Waals surface area contributed by atoms with E-state index in [1.54, 1.807) is 24.3 Å². The average molecular weight is 555 g/mol. The monoisotopic (exact) mass is 554 g/mol. The summed E-state index contributed by atoms with van der Waals surface area (Å²) < 4.78 is 0. The van der Waals surface area contributed by atoms with Crippen molar-refractivity contribution < 1.29 is 24.6 Å². The summed E-state index contributed by atoms with van der Waals surface area (Å²) in [5.41, 5.74) is 2.68. The van der Waals surface area contributed by atoms with Gasteiger partial charge in [-0.05, 0) is 78.8 Å². The number of nitrogens with one attached hydrogen (secondary N) is 1. The van der Waals surface area contributed by atoms with E-state index < -0.39 is 29.3 Å². The molecule has 0 saturated heterocycles. The van der Waals surface area contributed by atoms with Gasteiger partial charge in [-0.1, -0.05) is 66.2 Å². The molecule has 1 aliphatic carbocycles. The molecule has 1 aliphatic rings. The number of aromatic carboxylic acids is 1. The molecule has 0 radical (unpaired) electrons. The van der Waals surface area contributed by atoms with Crippen LogP contribution in [-0.4, -0.2) is 33.0 Å². The number of aromatic nitrogens is 1. The highest BCUT2D eigenvalue weighted by molar-refractivity contribution is 6.31. The molecule has 0 spiro atoms. The minimum atomic E-state index is -1.39. The lowest BCUT2D eigenvalue weighted by molar-refractivity contribution is -0.149. The summed E-state index contributed by atoms with van der Waals surface area (Å²) in [5.74, 6) is -2.66. The second-order valence-corrected chi connectivity index (χ2v) is 10.4. The van der Waals surface area contributed by atoms with E-state index >= 15 is 0 Å². The Kier molecular flexibility index (Phi) is 7.67. The highest BCUT2D eigenvalue weighted by atomic mass is 35.5. The van der Waals surface area contributed by atoms with Gasteiger partial charge in [0, 0.05) is 10.4 Å². The van der Waals surface area contributed by atoms with E-state index in [0.717, 1.165) is 27.7 Å². The first-order valence-electron chi connectivity index (χ1n) is 13.0. The van der Waals surface area contributed by atoms with Gasteiger partial charge < -0.3 is 15.5 Å². The van der Waals surface area contributed by atoms with Gasteiger partial charge >= 0.3 is 11.9 Å². The van der Waals surface area contributed by atoms with Gasteiger partial charge in [0.15, 0.2) is 0 Å². The van der Waals surface area contributed by atoms with Crippen LogP contribution < -0.4 is 5.32 Å². The second-order valence-electron chi connectivity index (χ2n) is 9.99. The van der Waals surface area contributed by atoms with Gasteiger partial charge in [0.25, 0.3) is 0 Å². The molecule has 40 heavy (non-hydrogen) atoms. The Balaban J connectivity index is 1.40. The number of carbonyl (C=O) groups excluding carboxylic acids is 1. The maximum atomic E-state index is 13.0. The summed E-state index contributed by atoms with van der Waals surface area (Å²) in [4.78, 5) is 41.2. The van der Waals surface area contributed by atoms with Crippen LogP contribution in [0, 0.1) is 5.41 Å². The number of rotatable bonds is 10. The van der Waals surface area contributed by atoms with Crippen molar-refractivity contribution in [2.45, 2.75) is 31.7 Å². The summed E-state index contributed by atoms with van der Waals surface area (Å²) in [6.07, 6.45) is 5.19. The van der Waals surface area contributed by atoms with Crippen molar-refractivity contribution in [1.29, 1.82) is 0 Å². The Morgan fingerprint density at radius 2 is 1.73 bits per heavy atom. The fourth-order valence-electron chi connectivity index (χ4n) is 4.79. The van der Waals surface area contributed by atoms with E-state index in [4.69, 9.17) is 11.6 Å². The Morgan fingerprint density at radius 3 is 2.48 bits per heavy atom. The molecule has 202 valence electrons. The van der Waals surface area contributed by atoms with Crippen LogP contribution in [0.2, 0.25) is 5.02 Å². The van der Waals surface area contributed by atoms with E-state index in [0.29, 0.717) is 36.3 Å². The first-order chi connectivity index (χ1) is 19.2. The number of carboxylic acid groups (broad SMARTS) is 2. The number of carboxylic acids is 2. The van der Waals surface area contributed by atoms with E-state index in [2.05, 4.69) is 10.3 Å². The number of benzene rings is 3. The molecule has 4 aromatic rings. The number of carbonyl (C=O) groups is 3. The van der Waals surface area contributed by atoms with Crippen molar-refractivity contribution in [1.82, 2.24) is 10.3 Å². The van der Waals surface area contributed by atoms with Gasteiger partial charge in [0.2, 0.25) is 5.91 Å². The molecule has 3 aromatic carbocycles. The maximum Gasteiger partial charge on any atom is 0.335 e. The van der Waals surface area contributed by atoms with Crippen molar-refractivity contribution in [2.24, 2.45) is 5.41 Å². The number of fused-ring (bicyclic) bond motifs is 1. The number of hydrogen-bond donors (Lipinski definition) is 3. The van der Waals surface area contributed by atoms with Crippen molar-refractivity contribution in [3.63, 3.8) is 0 Å². The SMILES string of the molecule is O=C(O)c1ccccc1CCC(NC(=O)C1(C(=O)O)CC1)c1cccc(/C=C/c2ccc3ccc(Cl)cc3n2)c1. The number of aryl methyl sites for hydroxylation is 1. The maximum absolute atomic E-state index is 13.0. The zero-order valence-corrected chi connectivity index (χ0v) is 22.3. The van der Waals surface area contributed by atoms with Crippen molar-refractivity contribution in [3.05, 3.63) is 112 Å². The number of aliphatic carboxylic acids is 1. The highest BCUT2D eigenvalue weighted by Crippen LogP contribution is 2.46. The molecule has 0 bridgehead atoms. The van der Waals surface area contributed by atoms with E-state index in [9.17, 15) is 24.6 Å². The van der Waals surface area contributed by atoms with Gasteiger partial charge in [-0.2, -0.15) is 0 Å². The summed E-state index contributed by atoms with van der Waals surface area (Å²) in [6.45, 7) is 0. The second kappa shape index (κ2) is 11.3. The van der Waals surface area contributed by atoms with Gasteiger partial charge in [-0.25, -0.2) is 9.78 Å². The molecule has 1 atom stereocenters. The zero-order chi connectivity index (χ0) is 28.3. The molecule has 8 heteroatoms. The van der Waals surface area contributed by atoms with Gasteiger partial charge in [0.1, 0.15) is 5.41 Å². The fourth-order valence-corrected chi connectivity index (χ4v) is 4.95. The van der Waals surface area contributed by atoms with Crippen LogP contribution in [0.5, 0.6) is 0 Å². The minimum absolute atomic E-state index is 0.206. The van der Waals surface area contributed by atoms with E-state index in [1.807, 2.05) is 66.7 Å². The van der Waals surface area contributed by atoms with Gasteiger partial charge in [-0.15, -0.1) is 0 Å². The summed E-state index contributed by atoms with van der Waals surface area (Å²) in [7, 11) is 0. The molecule has 1 amide bonds. The van der Waals surface area contributed by atoms with Crippen molar-refractivity contribution in [2.75, 3.05) is 0 Å². The largest absolute Gasteiger partial charge is 0.480 e. The molecule has 1 aromatic heterocycles. The lowest BCUT2D eigenvalue weighted by atomic mass is 9.94. The van der Waals surface area contributed by atoms with Crippen LogP contribution in [0.25, 0.3) is 23.1 Å². The molecule has 1 unspecified atom stereocenters. The summed E-state index contributed by atoms with van der Waals surface area (Å²) in [5, 5.41) is 23.7.